The van der Waals surface area contributed by atoms with Gasteiger partial charge in [0.15, 0.2) is 6.23 Å². The summed E-state index contributed by atoms with van der Waals surface area (Å²) in [5.41, 5.74) is 8.77. The van der Waals surface area contributed by atoms with E-state index in [2.05, 4.69) is 9.97 Å². The van der Waals surface area contributed by atoms with Crippen molar-refractivity contribution < 1.29 is 20.1 Å². The zero-order chi connectivity index (χ0) is 20.1. The first-order valence-corrected chi connectivity index (χ1v) is 9.18. The van der Waals surface area contributed by atoms with Crippen molar-refractivity contribution in [3.05, 3.63) is 48.9 Å². The molecule has 4 heterocycles. The lowest BCUT2D eigenvalue weighted by molar-refractivity contribution is -0.0508. The van der Waals surface area contributed by atoms with Crippen molar-refractivity contribution in [2.24, 2.45) is 0 Å². The van der Waals surface area contributed by atoms with Crippen LogP contribution in [0.5, 0.6) is 0 Å². The number of hydrogen-bond acceptors (Lipinski definition) is 8. The number of anilines is 1. The van der Waals surface area contributed by atoms with E-state index in [4.69, 9.17) is 15.5 Å². The van der Waals surface area contributed by atoms with Crippen molar-refractivity contribution in [2.75, 3.05) is 12.3 Å². The molecule has 5 rings (SSSR count). The Bertz CT molecular complexity index is 1210. The van der Waals surface area contributed by atoms with Crippen LogP contribution in [-0.4, -0.2) is 59.8 Å². The topological polar surface area (TPSA) is 140 Å². The van der Waals surface area contributed by atoms with Crippen LogP contribution in [0.4, 0.5) is 5.82 Å². The Hall–Kier alpha value is -3.11. The standard InChI is InChI=1S/C20H19N5O4/c21-18-15-11(13-6-5-10-3-1-2-4-12(10)24-13)7-25(19(15)23-9-22-18)20-17(28)16(27)14(8-26)29-20/h1-7,9,14,16-17,20,26-28H,8H2,(H2,21,22,23)/t14-,16-,17-,20-/m1/s1. The minimum atomic E-state index is -1.24. The molecular weight excluding hydrogens is 374 g/mol. The number of pyridine rings is 1. The normalized spacial score (nSPS) is 24.5. The number of nitrogens with zero attached hydrogens (tertiary/aromatic N) is 4. The third-order valence-corrected chi connectivity index (χ3v) is 5.30. The summed E-state index contributed by atoms with van der Waals surface area (Å²) in [5.74, 6) is 0.269. The molecule has 148 valence electrons. The molecule has 1 aromatic carbocycles. The SMILES string of the molecule is Nc1ncnc2c1c(-c1ccc3ccccc3n1)cn2[C@@H]1O[C@H](CO)[C@@H](O)[C@H]1O. The molecule has 0 spiro atoms. The van der Waals surface area contributed by atoms with E-state index in [1.54, 1.807) is 10.8 Å². The number of nitrogen functional groups attached to an aromatic ring is 1. The van der Waals surface area contributed by atoms with Crippen LogP contribution in [-0.2, 0) is 4.74 Å². The summed E-state index contributed by atoms with van der Waals surface area (Å²) < 4.78 is 7.28. The maximum Gasteiger partial charge on any atom is 0.164 e. The van der Waals surface area contributed by atoms with Gasteiger partial charge in [-0.2, -0.15) is 0 Å². The van der Waals surface area contributed by atoms with E-state index in [9.17, 15) is 15.3 Å². The lowest BCUT2D eigenvalue weighted by Crippen LogP contribution is -2.33. The van der Waals surface area contributed by atoms with Gasteiger partial charge in [-0.15, -0.1) is 0 Å². The lowest BCUT2D eigenvalue weighted by Gasteiger charge is -2.17. The molecule has 4 aromatic rings. The molecule has 9 heteroatoms. The average molecular weight is 393 g/mol. The van der Waals surface area contributed by atoms with Crippen molar-refractivity contribution in [3.63, 3.8) is 0 Å². The van der Waals surface area contributed by atoms with Crippen LogP contribution in [0.3, 0.4) is 0 Å². The second-order valence-electron chi connectivity index (χ2n) is 7.03. The van der Waals surface area contributed by atoms with Gasteiger partial charge < -0.3 is 30.4 Å². The lowest BCUT2D eigenvalue weighted by atomic mass is 10.1. The van der Waals surface area contributed by atoms with Gasteiger partial charge in [0.2, 0.25) is 0 Å². The first-order valence-electron chi connectivity index (χ1n) is 9.18. The molecule has 1 saturated heterocycles. The third kappa shape index (κ3) is 2.75. The highest BCUT2D eigenvalue weighted by molar-refractivity contribution is 6.00. The molecule has 3 aromatic heterocycles. The Morgan fingerprint density at radius 2 is 1.90 bits per heavy atom. The Morgan fingerprint density at radius 1 is 1.07 bits per heavy atom. The number of aromatic nitrogens is 4. The second kappa shape index (κ2) is 6.75. The van der Waals surface area contributed by atoms with Crippen LogP contribution in [0.25, 0.3) is 33.2 Å². The molecule has 4 atom stereocenters. The van der Waals surface area contributed by atoms with Gasteiger partial charge >= 0.3 is 0 Å². The van der Waals surface area contributed by atoms with E-state index < -0.39 is 31.1 Å². The quantitative estimate of drug-likeness (QED) is 0.401. The molecule has 1 fully saturated rings. The molecule has 29 heavy (non-hydrogen) atoms. The highest BCUT2D eigenvalue weighted by Crippen LogP contribution is 2.38. The van der Waals surface area contributed by atoms with Gasteiger partial charge in [0.25, 0.3) is 0 Å². The maximum atomic E-state index is 10.5. The molecular formula is C20H19N5O4. The molecule has 0 amide bonds. The van der Waals surface area contributed by atoms with Crippen molar-refractivity contribution >= 4 is 27.8 Å². The van der Waals surface area contributed by atoms with E-state index in [0.29, 0.717) is 22.3 Å². The predicted molar refractivity (Wildman–Crippen MR) is 106 cm³/mol. The smallest absolute Gasteiger partial charge is 0.164 e. The largest absolute Gasteiger partial charge is 0.394 e. The first-order chi connectivity index (χ1) is 14.1. The highest BCUT2D eigenvalue weighted by atomic mass is 16.6. The third-order valence-electron chi connectivity index (χ3n) is 5.30. The number of aliphatic hydroxyl groups excluding tert-OH is 3. The van der Waals surface area contributed by atoms with Crippen molar-refractivity contribution in [3.8, 4) is 11.3 Å². The fourth-order valence-electron chi connectivity index (χ4n) is 3.82. The van der Waals surface area contributed by atoms with Crippen LogP contribution >= 0.6 is 0 Å². The van der Waals surface area contributed by atoms with E-state index in [1.807, 2.05) is 36.4 Å². The van der Waals surface area contributed by atoms with Crippen molar-refractivity contribution in [2.45, 2.75) is 24.5 Å². The van der Waals surface area contributed by atoms with E-state index in [0.717, 1.165) is 10.9 Å². The van der Waals surface area contributed by atoms with Crippen LogP contribution in [0.15, 0.2) is 48.9 Å². The first kappa shape index (κ1) is 18.0. The number of hydrogen-bond donors (Lipinski definition) is 4. The molecule has 5 N–H and O–H groups in total. The van der Waals surface area contributed by atoms with E-state index in [-0.39, 0.29) is 5.82 Å². The number of fused-ring (bicyclic) bond motifs is 2. The molecule has 9 nitrogen and oxygen atoms in total. The van der Waals surface area contributed by atoms with Gasteiger partial charge in [0, 0.05) is 17.1 Å². The Morgan fingerprint density at radius 3 is 2.69 bits per heavy atom. The van der Waals surface area contributed by atoms with Gasteiger partial charge in [-0.25, -0.2) is 15.0 Å². The summed E-state index contributed by atoms with van der Waals surface area (Å²) in [4.78, 5) is 13.1. The molecule has 1 aliphatic rings. The maximum absolute atomic E-state index is 10.5. The predicted octanol–water partition coefficient (Wildman–Crippen LogP) is 0.840. The zero-order valence-electron chi connectivity index (χ0n) is 15.3. The minimum absolute atomic E-state index is 0.269. The van der Waals surface area contributed by atoms with Crippen LogP contribution < -0.4 is 5.73 Å². The monoisotopic (exact) mass is 393 g/mol. The van der Waals surface area contributed by atoms with Crippen LogP contribution in [0.1, 0.15) is 6.23 Å². The number of para-hydroxylation sites is 1. The van der Waals surface area contributed by atoms with Crippen molar-refractivity contribution in [1.82, 2.24) is 19.5 Å². The molecule has 0 radical (unpaired) electrons. The molecule has 0 unspecified atom stereocenters. The summed E-state index contributed by atoms with van der Waals surface area (Å²) >= 11 is 0. The highest BCUT2D eigenvalue weighted by Gasteiger charge is 2.44. The average Bonchev–Trinajstić information content (AvgIpc) is 3.26. The van der Waals surface area contributed by atoms with E-state index in [1.165, 1.54) is 6.33 Å². The van der Waals surface area contributed by atoms with Gasteiger partial charge in [-0.3, -0.25) is 0 Å². The van der Waals surface area contributed by atoms with Crippen LogP contribution in [0, 0.1) is 0 Å². The summed E-state index contributed by atoms with van der Waals surface area (Å²) in [6.45, 7) is -0.413. The number of ether oxygens (including phenoxy) is 1. The van der Waals surface area contributed by atoms with Gasteiger partial charge in [-0.1, -0.05) is 24.3 Å². The molecule has 1 aliphatic heterocycles. The fourth-order valence-corrected chi connectivity index (χ4v) is 3.82. The van der Waals surface area contributed by atoms with E-state index >= 15 is 0 Å². The van der Waals surface area contributed by atoms with Crippen LogP contribution in [0.2, 0.25) is 0 Å². The number of rotatable bonds is 3. The molecule has 0 bridgehead atoms. The number of benzene rings is 1. The molecule has 0 saturated carbocycles. The molecule has 0 aliphatic carbocycles. The second-order valence-corrected chi connectivity index (χ2v) is 7.03. The van der Waals surface area contributed by atoms with Gasteiger partial charge in [0.05, 0.1) is 23.2 Å². The van der Waals surface area contributed by atoms with Gasteiger partial charge in [0.1, 0.15) is 36.1 Å². The van der Waals surface area contributed by atoms with Gasteiger partial charge in [-0.05, 0) is 12.1 Å². The Kier molecular flexibility index (Phi) is 4.18. The fraction of sp³-hybridized carbons (Fsp3) is 0.250. The van der Waals surface area contributed by atoms with Crippen molar-refractivity contribution in [1.29, 1.82) is 0 Å². The Balaban J connectivity index is 1.71. The number of nitrogens with two attached hydrogens (primary N) is 1. The summed E-state index contributed by atoms with van der Waals surface area (Å²) in [7, 11) is 0. The zero-order valence-corrected chi connectivity index (χ0v) is 15.3. The summed E-state index contributed by atoms with van der Waals surface area (Å²) in [5, 5.41) is 31.6. The Labute approximate surface area is 165 Å². The minimum Gasteiger partial charge on any atom is -0.394 e. The number of aliphatic hydroxyl groups is 3. The summed E-state index contributed by atoms with van der Waals surface area (Å²) in [6, 6.07) is 11.6. The summed E-state index contributed by atoms with van der Waals surface area (Å²) in [6.07, 6.45) is -1.23.